The first-order valence-corrected chi connectivity index (χ1v) is 8.53. The number of anilines is 1. The summed E-state index contributed by atoms with van der Waals surface area (Å²) in [5.74, 6) is 0. The topological polar surface area (TPSA) is 24.9 Å². The smallest absolute Gasteiger partial charge is 0.0901 e. The minimum absolute atomic E-state index is 0.211. The van der Waals surface area contributed by atoms with Gasteiger partial charge in [-0.3, -0.25) is 0 Å². The minimum Gasteiger partial charge on any atom is -0.377 e. The number of nitrogens with one attached hydrogen (secondary N) is 1. The third-order valence-electron chi connectivity index (χ3n) is 3.54. The highest BCUT2D eigenvalue weighted by Crippen LogP contribution is 2.28. The number of halogens is 1. The number of nitrogens with zero attached hydrogens (tertiary/aromatic N) is 1. The summed E-state index contributed by atoms with van der Waals surface area (Å²) in [6.07, 6.45) is 0. The summed E-state index contributed by atoms with van der Waals surface area (Å²) in [5.41, 5.74) is 2.27. The molecule has 1 N–H and O–H groups in total. The highest BCUT2D eigenvalue weighted by molar-refractivity contribution is 9.10. The molecule has 4 heteroatoms. The Morgan fingerprint density at radius 3 is 2.52 bits per heavy atom. The Balaban J connectivity index is 1.87. The standard InChI is InChI=1S/C17H17BrN2S/c1-10(17-11(2)21-12(3)20-17)19-16-7-5-13-8-15(18)6-4-14(13)9-16/h4-10,19H,1-3H3. The maximum atomic E-state index is 4.63. The second-order valence-electron chi connectivity index (χ2n) is 5.25. The van der Waals surface area contributed by atoms with Gasteiger partial charge in [-0.2, -0.15) is 0 Å². The fourth-order valence-corrected chi connectivity index (χ4v) is 3.86. The average molecular weight is 361 g/mol. The summed E-state index contributed by atoms with van der Waals surface area (Å²) in [5, 5.41) is 7.15. The fraction of sp³-hybridized carbons (Fsp3) is 0.235. The van der Waals surface area contributed by atoms with Crippen molar-refractivity contribution in [1.82, 2.24) is 4.98 Å². The van der Waals surface area contributed by atoms with Crippen LogP contribution >= 0.6 is 27.3 Å². The molecular formula is C17H17BrN2S. The molecule has 1 atom stereocenters. The monoisotopic (exact) mass is 360 g/mol. The van der Waals surface area contributed by atoms with Crippen LogP contribution in [0.5, 0.6) is 0 Å². The lowest BCUT2D eigenvalue weighted by molar-refractivity contribution is 0.837. The zero-order chi connectivity index (χ0) is 15.0. The Kier molecular flexibility index (Phi) is 4.00. The van der Waals surface area contributed by atoms with Gasteiger partial charge < -0.3 is 5.32 Å². The molecule has 0 spiro atoms. The molecule has 0 radical (unpaired) electrons. The predicted molar refractivity (Wildman–Crippen MR) is 95.3 cm³/mol. The van der Waals surface area contributed by atoms with E-state index in [9.17, 15) is 0 Å². The summed E-state index contributed by atoms with van der Waals surface area (Å²) >= 11 is 5.27. The first-order valence-electron chi connectivity index (χ1n) is 6.93. The first kappa shape index (κ1) is 14.5. The van der Waals surface area contributed by atoms with Crippen molar-refractivity contribution >= 4 is 43.7 Å². The van der Waals surface area contributed by atoms with Crippen LogP contribution in [0.2, 0.25) is 0 Å². The normalized spacial score (nSPS) is 12.6. The largest absolute Gasteiger partial charge is 0.377 e. The Hall–Kier alpha value is -1.39. The number of hydrogen-bond acceptors (Lipinski definition) is 3. The average Bonchev–Trinajstić information content (AvgIpc) is 2.78. The fourth-order valence-electron chi connectivity index (χ4n) is 2.57. The van der Waals surface area contributed by atoms with E-state index in [2.05, 4.69) is 83.4 Å². The van der Waals surface area contributed by atoms with Gasteiger partial charge in [-0.05, 0) is 55.8 Å². The molecule has 1 aromatic heterocycles. The number of hydrogen-bond donors (Lipinski definition) is 1. The molecule has 21 heavy (non-hydrogen) atoms. The molecule has 0 aliphatic heterocycles. The van der Waals surface area contributed by atoms with Crippen LogP contribution in [0.15, 0.2) is 40.9 Å². The summed E-state index contributed by atoms with van der Waals surface area (Å²) in [6, 6.07) is 13.0. The van der Waals surface area contributed by atoms with Crippen LogP contribution < -0.4 is 5.32 Å². The van der Waals surface area contributed by atoms with E-state index in [0.717, 1.165) is 20.9 Å². The molecule has 0 amide bonds. The summed E-state index contributed by atoms with van der Waals surface area (Å²) in [6.45, 7) is 6.35. The number of rotatable bonds is 3. The molecular weight excluding hydrogens is 344 g/mol. The summed E-state index contributed by atoms with van der Waals surface area (Å²) < 4.78 is 1.11. The molecule has 2 nitrogen and oxygen atoms in total. The van der Waals surface area contributed by atoms with Gasteiger partial charge in [0, 0.05) is 15.0 Å². The number of aryl methyl sites for hydroxylation is 2. The van der Waals surface area contributed by atoms with E-state index in [1.54, 1.807) is 11.3 Å². The van der Waals surface area contributed by atoms with Crippen LogP contribution in [0, 0.1) is 13.8 Å². The Morgan fingerprint density at radius 1 is 1.10 bits per heavy atom. The Bertz CT molecular complexity index is 795. The van der Waals surface area contributed by atoms with Crippen molar-refractivity contribution in [2.24, 2.45) is 0 Å². The summed E-state index contributed by atoms with van der Waals surface area (Å²) in [7, 11) is 0. The maximum Gasteiger partial charge on any atom is 0.0901 e. The molecule has 1 unspecified atom stereocenters. The molecule has 3 aromatic rings. The number of fused-ring (bicyclic) bond motifs is 1. The van der Waals surface area contributed by atoms with Crippen molar-refractivity contribution in [3.05, 3.63) is 56.4 Å². The van der Waals surface area contributed by atoms with E-state index in [-0.39, 0.29) is 6.04 Å². The quantitative estimate of drug-likeness (QED) is 0.633. The third kappa shape index (κ3) is 3.11. The van der Waals surface area contributed by atoms with Crippen molar-refractivity contribution < 1.29 is 0 Å². The highest BCUT2D eigenvalue weighted by Gasteiger charge is 2.13. The van der Waals surface area contributed by atoms with Crippen LogP contribution in [0.25, 0.3) is 10.8 Å². The van der Waals surface area contributed by atoms with Gasteiger partial charge in [0.05, 0.1) is 16.7 Å². The zero-order valence-electron chi connectivity index (χ0n) is 12.3. The first-order chi connectivity index (χ1) is 10.0. The number of aromatic nitrogens is 1. The van der Waals surface area contributed by atoms with Crippen molar-refractivity contribution in [2.45, 2.75) is 26.8 Å². The van der Waals surface area contributed by atoms with E-state index < -0.39 is 0 Å². The van der Waals surface area contributed by atoms with Gasteiger partial charge >= 0.3 is 0 Å². The van der Waals surface area contributed by atoms with E-state index in [1.165, 1.54) is 15.6 Å². The van der Waals surface area contributed by atoms with Crippen molar-refractivity contribution in [3.63, 3.8) is 0 Å². The lowest BCUT2D eigenvalue weighted by Crippen LogP contribution is -2.08. The number of thiazole rings is 1. The van der Waals surface area contributed by atoms with E-state index in [1.807, 2.05) is 0 Å². The van der Waals surface area contributed by atoms with Gasteiger partial charge in [0.15, 0.2) is 0 Å². The van der Waals surface area contributed by atoms with Crippen LogP contribution in [0.3, 0.4) is 0 Å². The van der Waals surface area contributed by atoms with E-state index in [0.29, 0.717) is 0 Å². The van der Waals surface area contributed by atoms with Crippen molar-refractivity contribution in [1.29, 1.82) is 0 Å². The van der Waals surface area contributed by atoms with Crippen LogP contribution in [-0.4, -0.2) is 4.98 Å². The maximum absolute atomic E-state index is 4.63. The second-order valence-corrected chi connectivity index (χ2v) is 7.57. The molecule has 2 aromatic carbocycles. The van der Waals surface area contributed by atoms with Gasteiger partial charge in [-0.25, -0.2) is 4.98 Å². The molecule has 108 valence electrons. The van der Waals surface area contributed by atoms with Gasteiger partial charge in [-0.15, -0.1) is 11.3 Å². The van der Waals surface area contributed by atoms with E-state index >= 15 is 0 Å². The van der Waals surface area contributed by atoms with Crippen molar-refractivity contribution in [2.75, 3.05) is 5.32 Å². The summed E-state index contributed by atoms with van der Waals surface area (Å²) in [4.78, 5) is 5.92. The zero-order valence-corrected chi connectivity index (χ0v) is 14.7. The Labute approximate surface area is 137 Å². The third-order valence-corrected chi connectivity index (χ3v) is 4.93. The predicted octanol–water partition coefficient (Wildman–Crippen LogP) is 5.85. The molecule has 1 heterocycles. The molecule has 0 fully saturated rings. The minimum atomic E-state index is 0.211. The highest BCUT2D eigenvalue weighted by atomic mass is 79.9. The molecule has 0 saturated carbocycles. The Morgan fingerprint density at radius 2 is 1.81 bits per heavy atom. The molecule has 0 aliphatic carbocycles. The molecule has 3 rings (SSSR count). The van der Waals surface area contributed by atoms with Crippen molar-refractivity contribution in [3.8, 4) is 0 Å². The van der Waals surface area contributed by atoms with Gasteiger partial charge in [-0.1, -0.05) is 28.1 Å². The van der Waals surface area contributed by atoms with Gasteiger partial charge in [0.1, 0.15) is 0 Å². The van der Waals surface area contributed by atoms with Crippen LogP contribution in [0.1, 0.15) is 28.5 Å². The van der Waals surface area contributed by atoms with E-state index in [4.69, 9.17) is 0 Å². The SMILES string of the molecule is Cc1nc(C(C)Nc2ccc3cc(Br)ccc3c2)c(C)s1. The van der Waals surface area contributed by atoms with Gasteiger partial charge in [0.25, 0.3) is 0 Å². The van der Waals surface area contributed by atoms with Crippen LogP contribution in [0.4, 0.5) is 5.69 Å². The van der Waals surface area contributed by atoms with Gasteiger partial charge in [0.2, 0.25) is 0 Å². The number of benzene rings is 2. The lowest BCUT2D eigenvalue weighted by atomic mass is 10.1. The molecule has 0 bridgehead atoms. The molecule has 0 saturated heterocycles. The second kappa shape index (κ2) is 5.78. The molecule has 0 aliphatic rings. The van der Waals surface area contributed by atoms with Crippen LogP contribution in [-0.2, 0) is 0 Å². The lowest BCUT2D eigenvalue weighted by Gasteiger charge is -2.15.